The molecule has 22 heavy (non-hydrogen) atoms. The van der Waals surface area contributed by atoms with Crippen LogP contribution in [-0.2, 0) is 19.1 Å². The summed E-state index contributed by atoms with van der Waals surface area (Å²) in [6.45, 7) is 5.18. The van der Waals surface area contributed by atoms with Crippen molar-refractivity contribution in [3.05, 3.63) is 22.4 Å². The summed E-state index contributed by atoms with van der Waals surface area (Å²) in [6, 6.07) is 3.23. The Morgan fingerprint density at radius 1 is 1.32 bits per heavy atom. The monoisotopic (exact) mass is 326 g/mol. The molecule has 1 aromatic rings. The summed E-state index contributed by atoms with van der Waals surface area (Å²) in [4.78, 5) is 36.0. The van der Waals surface area contributed by atoms with Gasteiger partial charge in [0, 0.05) is 10.3 Å². The third kappa shape index (κ3) is 5.85. The largest absolute Gasteiger partial charge is 0.469 e. The van der Waals surface area contributed by atoms with E-state index in [1.807, 2.05) is 17.5 Å². The topological polar surface area (TPSA) is 84.5 Å². The molecule has 0 radical (unpaired) electrons. The summed E-state index contributed by atoms with van der Waals surface area (Å²) < 4.78 is 4.65. The van der Waals surface area contributed by atoms with E-state index in [0.29, 0.717) is 0 Å². The average Bonchev–Trinajstić information content (AvgIpc) is 2.96. The smallest absolute Gasteiger partial charge is 0.307 e. The predicted molar refractivity (Wildman–Crippen MR) is 84.3 cm³/mol. The van der Waals surface area contributed by atoms with Crippen molar-refractivity contribution in [2.24, 2.45) is 5.41 Å². The van der Waals surface area contributed by atoms with Crippen molar-refractivity contribution < 1.29 is 19.1 Å². The Labute approximate surface area is 134 Å². The quantitative estimate of drug-likeness (QED) is 0.778. The molecule has 0 aliphatic carbocycles. The first kappa shape index (κ1) is 18.2. The van der Waals surface area contributed by atoms with Crippen LogP contribution in [0.3, 0.4) is 0 Å². The summed E-state index contributed by atoms with van der Waals surface area (Å²) in [5, 5.41) is 7.19. The number of ether oxygens (including phenoxy) is 1. The zero-order valence-corrected chi connectivity index (χ0v) is 14.1. The molecule has 2 amide bonds. The number of hydrogen-bond acceptors (Lipinski definition) is 5. The molecule has 0 aromatic carbocycles. The summed E-state index contributed by atoms with van der Waals surface area (Å²) in [5.41, 5.74) is -0.556. The standard InChI is InChI=1S/C15H22N2O4S/c1-15(2,3)14(20)16-9-12(18)17-10(8-13(19)21-4)11-6-5-7-22-11/h5-7,10H,8-9H2,1-4H3,(H,16,20)(H,17,18). The van der Waals surface area contributed by atoms with Gasteiger partial charge in [-0.2, -0.15) is 0 Å². The van der Waals surface area contributed by atoms with Gasteiger partial charge in [-0.05, 0) is 11.4 Å². The number of hydrogen-bond donors (Lipinski definition) is 2. The van der Waals surface area contributed by atoms with E-state index in [1.54, 1.807) is 20.8 Å². The van der Waals surface area contributed by atoms with Gasteiger partial charge in [-0.1, -0.05) is 26.8 Å². The number of rotatable bonds is 6. The predicted octanol–water partition coefficient (Wildman–Crippen LogP) is 1.63. The van der Waals surface area contributed by atoms with Crippen LogP contribution in [0, 0.1) is 5.41 Å². The molecule has 1 rings (SSSR count). The van der Waals surface area contributed by atoms with Crippen molar-refractivity contribution in [2.45, 2.75) is 33.2 Å². The fraction of sp³-hybridized carbons (Fsp3) is 0.533. The zero-order valence-electron chi connectivity index (χ0n) is 13.3. The lowest BCUT2D eigenvalue weighted by molar-refractivity contribution is -0.141. The molecule has 1 unspecified atom stereocenters. The number of thiophene rings is 1. The van der Waals surface area contributed by atoms with Gasteiger partial charge in [-0.25, -0.2) is 0 Å². The molecular weight excluding hydrogens is 304 g/mol. The van der Waals surface area contributed by atoms with Gasteiger partial charge in [-0.15, -0.1) is 11.3 Å². The SMILES string of the molecule is COC(=O)CC(NC(=O)CNC(=O)C(C)(C)C)c1cccs1. The van der Waals surface area contributed by atoms with Crippen molar-refractivity contribution in [1.82, 2.24) is 10.6 Å². The second-order valence-electron chi connectivity index (χ2n) is 5.85. The normalized spacial score (nSPS) is 12.4. The molecule has 0 bridgehead atoms. The van der Waals surface area contributed by atoms with E-state index in [-0.39, 0.29) is 24.8 Å². The Morgan fingerprint density at radius 3 is 2.50 bits per heavy atom. The van der Waals surface area contributed by atoms with E-state index in [0.717, 1.165) is 4.88 Å². The number of carbonyl (C=O) groups excluding carboxylic acids is 3. The molecule has 0 saturated carbocycles. The number of amides is 2. The average molecular weight is 326 g/mol. The van der Waals surface area contributed by atoms with E-state index in [4.69, 9.17) is 0 Å². The number of nitrogens with one attached hydrogen (secondary N) is 2. The number of esters is 1. The highest BCUT2D eigenvalue weighted by atomic mass is 32.1. The third-order valence-corrected chi connectivity index (χ3v) is 3.90. The molecular formula is C15H22N2O4S. The highest BCUT2D eigenvalue weighted by Crippen LogP contribution is 2.22. The minimum Gasteiger partial charge on any atom is -0.469 e. The van der Waals surface area contributed by atoms with E-state index in [2.05, 4.69) is 15.4 Å². The first-order valence-electron chi connectivity index (χ1n) is 6.92. The maximum Gasteiger partial charge on any atom is 0.307 e. The van der Waals surface area contributed by atoms with Crippen molar-refractivity contribution in [2.75, 3.05) is 13.7 Å². The van der Waals surface area contributed by atoms with E-state index in [1.165, 1.54) is 18.4 Å². The molecule has 7 heteroatoms. The maximum atomic E-state index is 12.0. The van der Waals surface area contributed by atoms with E-state index < -0.39 is 17.4 Å². The van der Waals surface area contributed by atoms with Gasteiger partial charge in [0.2, 0.25) is 11.8 Å². The Kier molecular flexibility index (Phi) is 6.55. The van der Waals surface area contributed by atoms with Gasteiger partial charge in [0.15, 0.2) is 0 Å². The molecule has 1 heterocycles. The van der Waals surface area contributed by atoms with Gasteiger partial charge >= 0.3 is 5.97 Å². The number of methoxy groups -OCH3 is 1. The summed E-state index contributed by atoms with van der Waals surface area (Å²) >= 11 is 1.44. The minimum atomic E-state index is -0.556. The van der Waals surface area contributed by atoms with E-state index in [9.17, 15) is 14.4 Å². The molecule has 6 nitrogen and oxygen atoms in total. The van der Waals surface area contributed by atoms with Crippen molar-refractivity contribution >= 4 is 29.1 Å². The molecule has 0 saturated heterocycles. The van der Waals surface area contributed by atoms with Crippen LogP contribution in [-0.4, -0.2) is 31.4 Å². The van der Waals surface area contributed by atoms with E-state index >= 15 is 0 Å². The molecule has 2 N–H and O–H groups in total. The second kappa shape index (κ2) is 7.93. The van der Waals surface area contributed by atoms with Gasteiger partial charge < -0.3 is 15.4 Å². The van der Waals surface area contributed by atoms with Crippen molar-refractivity contribution in [3.8, 4) is 0 Å². The van der Waals surface area contributed by atoms with Gasteiger partial charge in [0.05, 0.1) is 26.1 Å². The Balaban J connectivity index is 2.60. The Bertz CT molecular complexity index is 520. The lowest BCUT2D eigenvalue weighted by Gasteiger charge is -2.19. The molecule has 1 aromatic heterocycles. The lowest BCUT2D eigenvalue weighted by Crippen LogP contribution is -2.42. The molecule has 0 fully saturated rings. The van der Waals surface area contributed by atoms with Gasteiger partial charge in [0.1, 0.15) is 0 Å². The van der Waals surface area contributed by atoms with Gasteiger partial charge in [-0.3, -0.25) is 14.4 Å². The maximum absolute atomic E-state index is 12.0. The highest BCUT2D eigenvalue weighted by Gasteiger charge is 2.23. The highest BCUT2D eigenvalue weighted by molar-refractivity contribution is 7.10. The molecule has 0 aliphatic rings. The van der Waals surface area contributed by atoms with Crippen LogP contribution in [0.25, 0.3) is 0 Å². The van der Waals surface area contributed by atoms with Crippen LogP contribution >= 0.6 is 11.3 Å². The fourth-order valence-electron chi connectivity index (χ4n) is 1.63. The Hall–Kier alpha value is -1.89. The summed E-state index contributed by atoms with van der Waals surface area (Å²) in [5.74, 6) is -0.958. The summed E-state index contributed by atoms with van der Waals surface area (Å²) in [7, 11) is 1.30. The van der Waals surface area contributed by atoms with Crippen LogP contribution in [0.15, 0.2) is 17.5 Å². The molecule has 122 valence electrons. The summed E-state index contributed by atoms with van der Waals surface area (Å²) in [6.07, 6.45) is 0.0516. The molecule has 0 aliphatic heterocycles. The minimum absolute atomic E-state index is 0.0516. The molecule has 0 spiro atoms. The molecule has 1 atom stereocenters. The van der Waals surface area contributed by atoms with Crippen LogP contribution in [0.1, 0.15) is 38.1 Å². The van der Waals surface area contributed by atoms with Crippen LogP contribution < -0.4 is 10.6 Å². The van der Waals surface area contributed by atoms with Crippen LogP contribution in [0.4, 0.5) is 0 Å². The third-order valence-electron chi connectivity index (χ3n) is 2.91. The van der Waals surface area contributed by atoms with Crippen molar-refractivity contribution in [1.29, 1.82) is 0 Å². The zero-order chi connectivity index (χ0) is 16.8. The second-order valence-corrected chi connectivity index (χ2v) is 6.83. The van der Waals surface area contributed by atoms with Crippen molar-refractivity contribution in [3.63, 3.8) is 0 Å². The van der Waals surface area contributed by atoms with Gasteiger partial charge in [0.25, 0.3) is 0 Å². The van der Waals surface area contributed by atoms with Crippen LogP contribution in [0.5, 0.6) is 0 Å². The first-order valence-corrected chi connectivity index (χ1v) is 7.80. The Morgan fingerprint density at radius 2 is 2.00 bits per heavy atom. The number of carbonyl (C=O) groups is 3. The van der Waals surface area contributed by atoms with Crippen LogP contribution in [0.2, 0.25) is 0 Å². The lowest BCUT2D eigenvalue weighted by atomic mass is 9.96. The fourth-order valence-corrected chi connectivity index (χ4v) is 2.41. The first-order chi connectivity index (χ1) is 10.2.